The van der Waals surface area contributed by atoms with Gasteiger partial charge in [0.05, 0.1) is 6.61 Å². The van der Waals surface area contributed by atoms with Gasteiger partial charge in [-0.3, -0.25) is 0 Å². The fourth-order valence-electron chi connectivity index (χ4n) is 3.57. The van der Waals surface area contributed by atoms with Crippen LogP contribution in [0.25, 0.3) is 33.7 Å². The zero-order chi connectivity index (χ0) is 22.5. The molecule has 0 spiro atoms. The Morgan fingerprint density at radius 3 is 2.25 bits per heavy atom. The molecule has 0 fully saturated rings. The van der Waals surface area contributed by atoms with Crippen LogP contribution in [0.5, 0.6) is 5.75 Å². The molecule has 0 aliphatic carbocycles. The first kappa shape index (κ1) is 22.3. The molecular weight excluding hydrogens is 432 g/mol. The summed E-state index contributed by atoms with van der Waals surface area (Å²) in [5.74, 6) is -1.26. The number of benzene rings is 3. The molecule has 0 aliphatic rings. The molecule has 166 valence electrons. The second-order valence-corrected chi connectivity index (χ2v) is 8.18. The Morgan fingerprint density at radius 2 is 1.53 bits per heavy atom. The molecule has 3 nitrogen and oxygen atoms in total. The first-order valence-electron chi connectivity index (χ1n) is 10.8. The largest absolute Gasteiger partial charge is 0.488 e. The molecule has 0 saturated carbocycles. The van der Waals surface area contributed by atoms with E-state index in [4.69, 9.17) is 20.8 Å². The van der Waals surface area contributed by atoms with E-state index in [0.29, 0.717) is 39.7 Å². The highest BCUT2D eigenvalue weighted by molar-refractivity contribution is 6.31. The second kappa shape index (κ2) is 10.1. The summed E-state index contributed by atoms with van der Waals surface area (Å²) >= 11 is 6.00. The number of nitrogens with zero attached hydrogens (tertiary/aromatic N) is 1. The van der Waals surface area contributed by atoms with Crippen molar-refractivity contribution in [2.75, 3.05) is 6.61 Å². The minimum atomic E-state index is -0.700. The lowest BCUT2D eigenvalue weighted by molar-refractivity contribution is 0.275. The Morgan fingerprint density at radius 1 is 0.844 bits per heavy atom. The minimum Gasteiger partial charge on any atom is -0.488 e. The highest BCUT2D eigenvalue weighted by Gasteiger charge is 2.14. The topological polar surface area (TPSA) is 35.3 Å². The van der Waals surface area contributed by atoms with Gasteiger partial charge in [-0.2, -0.15) is 0 Å². The lowest BCUT2D eigenvalue weighted by Gasteiger charge is -2.11. The van der Waals surface area contributed by atoms with E-state index in [0.717, 1.165) is 37.7 Å². The predicted octanol–water partition coefficient (Wildman–Crippen LogP) is 8.44. The molecular formula is C26H24ClF2NO2. The third-order valence-corrected chi connectivity index (χ3v) is 5.54. The van der Waals surface area contributed by atoms with Gasteiger partial charge in [-0.1, -0.05) is 56.3 Å². The molecule has 0 radical (unpaired) electrons. The van der Waals surface area contributed by atoms with Crippen LogP contribution in [0.2, 0.25) is 5.02 Å². The molecule has 0 unspecified atom stereocenters. The number of rotatable bonds is 9. The number of hydrogen-bond donors (Lipinski definition) is 0. The van der Waals surface area contributed by atoms with Crippen LogP contribution in [0.4, 0.5) is 8.78 Å². The van der Waals surface area contributed by atoms with Crippen molar-refractivity contribution in [3.8, 4) is 28.3 Å². The third-order valence-electron chi connectivity index (χ3n) is 5.31. The average Bonchev–Trinajstić information content (AvgIpc) is 3.21. The Hall–Kier alpha value is -2.92. The van der Waals surface area contributed by atoms with Crippen molar-refractivity contribution in [2.24, 2.45) is 0 Å². The van der Waals surface area contributed by atoms with E-state index in [9.17, 15) is 8.78 Å². The summed E-state index contributed by atoms with van der Waals surface area (Å²) in [7, 11) is 0. The highest BCUT2D eigenvalue weighted by atomic mass is 35.5. The van der Waals surface area contributed by atoms with E-state index in [-0.39, 0.29) is 5.75 Å². The van der Waals surface area contributed by atoms with Crippen LogP contribution in [0.1, 0.15) is 39.0 Å². The van der Waals surface area contributed by atoms with Gasteiger partial charge in [0, 0.05) is 10.6 Å². The summed E-state index contributed by atoms with van der Waals surface area (Å²) in [6.45, 7) is 2.45. The number of unbranched alkanes of at least 4 members (excludes halogenated alkanes) is 4. The number of hydrogen-bond acceptors (Lipinski definition) is 3. The SMILES string of the molecule is CCCCCCCOc1c(F)cc(-c2ccc(-c3nc4cc(Cl)ccc4o3)cc2)cc1F. The van der Waals surface area contributed by atoms with Crippen LogP contribution in [0.3, 0.4) is 0 Å². The van der Waals surface area contributed by atoms with Crippen LogP contribution in [0, 0.1) is 11.6 Å². The van der Waals surface area contributed by atoms with Gasteiger partial charge in [-0.25, -0.2) is 13.8 Å². The number of halogens is 3. The van der Waals surface area contributed by atoms with E-state index < -0.39 is 11.6 Å². The molecule has 4 aromatic rings. The lowest BCUT2D eigenvalue weighted by Crippen LogP contribution is -2.02. The Bertz CT molecular complexity index is 1180. The monoisotopic (exact) mass is 455 g/mol. The van der Waals surface area contributed by atoms with Gasteiger partial charge in [0.1, 0.15) is 5.52 Å². The van der Waals surface area contributed by atoms with Gasteiger partial charge in [0.15, 0.2) is 23.0 Å². The van der Waals surface area contributed by atoms with Crippen molar-refractivity contribution in [3.05, 3.63) is 71.3 Å². The van der Waals surface area contributed by atoms with E-state index in [2.05, 4.69) is 11.9 Å². The number of fused-ring (bicyclic) bond motifs is 1. The summed E-state index contributed by atoms with van der Waals surface area (Å²) in [6.07, 6.45) is 5.20. The normalized spacial score (nSPS) is 11.2. The van der Waals surface area contributed by atoms with Crippen LogP contribution in [-0.2, 0) is 0 Å². The van der Waals surface area contributed by atoms with Gasteiger partial charge in [0.2, 0.25) is 5.89 Å². The summed E-state index contributed by atoms with van der Waals surface area (Å²) in [5.41, 5.74) is 3.17. The summed E-state index contributed by atoms with van der Waals surface area (Å²) in [6, 6.07) is 15.0. The molecule has 3 aromatic carbocycles. The van der Waals surface area contributed by atoms with Crippen LogP contribution >= 0.6 is 11.6 Å². The molecule has 0 atom stereocenters. The fraction of sp³-hybridized carbons (Fsp3) is 0.269. The van der Waals surface area contributed by atoms with Crippen molar-refractivity contribution in [1.82, 2.24) is 4.98 Å². The second-order valence-electron chi connectivity index (χ2n) is 7.74. The molecule has 0 aliphatic heterocycles. The molecule has 4 rings (SSSR count). The fourth-order valence-corrected chi connectivity index (χ4v) is 3.74. The zero-order valence-corrected chi connectivity index (χ0v) is 18.6. The molecule has 1 heterocycles. The van der Waals surface area contributed by atoms with Crippen molar-refractivity contribution in [2.45, 2.75) is 39.0 Å². The summed E-state index contributed by atoms with van der Waals surface area (Å²) in [5, 5.41) is 0.584. The molecule has 1 aromatic heterocycles. The third kappa shape index (κ3) is 5.10. The van der Waals surface area contributed by atoms with Crippen molar-refractivity contribution in [3.63, 3.8) is 0 Å². The first-order chi connectivity index (χ1) is 15.5. The van der Waals surface area contributed by atoms with E-state index in [1.807, 2.05) is 0 Å². The maximum Gasteiger partial charge on any atom is 0.227 e. The smallest absolute Gasteiger partial charge is 0.227 e. The molecule has 0 N–H and O–H groups in total. The molecule has 32 heavy (non-hydrogen) atoms. The first-order valence-corrected chi connectivity index (χ1v) is 11.2. The standard InChI is InChI=1S/C26H24ClF2NO2/c1-2-3-4-5-6-13-31-25-21(28)14-19(15-22(25)29)17-7-9-18(10-8-17)26-30-23-16-20(27)11-12-24(23)32-26/h7-12,14-16H,2-6,13H2,1H3. The quantitative estimate of drug-likeness (QED) is 0.237. The van der Waals surface area contributed by atoms with Crippen molar-refractivity contribution >= 4 is 22.7 Å². The molecule has 0 amide bonds. The van der Waals surface area contributed by atoms with Gasteiger partial charge >= 0.3 is 0 Å². The van der Waals surface area contributed by atoms with Gasteiger partial charge in [0.25, 0.3) is 0 Å². The Balaban J connectivity index is 1.47. The van der Waals surface area contributed by atoms with Crippen LogP contribution < -0.4 is 4.74 Å². The zero-order valence-electron chi connectivity index (χ0n) is 17.8. The van der Waals surface area contributed by atoms with Crippen LogP contribution in [0.15, 0.2) is 59.0 Å². The molecule has 6 heteroatoms. The summed E-state index contributed by atoms with van der Waals surface area (Å²) < 4.78 is 40.2. The highest BCUT2D eigenvalue weighted by Crippen LogP contribution is 2.31. The van der Waals surface area contributed by atoms with Crippen molar-refractivity contribution in [1.29, 1.82) is 0 Å². The van der Waals surface area contributed by atoms with Crippen LogP contribution in [-0.4, -0.2) is 11.6 Å². The van der Waals surface area contributed by atoms with Gasteiger partial charge < -0.3 is 9.15 Å². The summed E-state index contributed by atoms with van der Waals surface area (Å²) in [4.78, 5) is 4.45. The Kier molecular flexibility index (Phi) is 7.05. The van der Waals surface area contributed by atoms with Gasteiger partial charge in [-0.05, 0) is 60.0 Å². The number of oxazole rings is 1. The minimum absolute atomic E-state index is 0.307. The molecule has 0 saturated heterocycles. The van der Waals surface area contributed by atoms with E-state index in [1.165, 1.54) is 12.1 Å². The van der Waals surface area contributed by atoms with E-state index in [1.54, 1.807) is 42.5 Å². The maximum atomic E-state index is 14.5. The lowest BCUT2D eigenvalue weighted by atomic mass is 10.0. The predicted molar refractivity (Wildman–Crippen MR) is 124 cm³/mol. The average molecular weight is 456 g/mol. The molecule has 0 bridgehead atoms. The Labute approximate surface area is 191 Å². The van der Waals surface area contributed by atoms with E-state index >= 15 is 0 Å². The van der Waals surface area contributed by atoms with Crippen molar-refractivity contribution < 1.29 is 17.9 Å². The van der Waals surface area contributed by atoms with Gasteiger partial charge in [-0.15, -0.1) is 0 Å². The number of aromatic nitrogens is 1. The maximum absolute atomic E-state index is 14.5. The number of ether oxygens (including phenoxy) is 1.